The van der Waals surface area contributed by atoms with Crippen LogP contribution in [0.5, 0.6) is 0 Å². The van der Waals surface area contributed by atoms with Crippen LogP contribution in [-0.2, 0) is 61.8 Å². The van der Waals surface area contributed by atoms with Crippen LogP contribution in [0.1, 0.15) is 81.1 Å². The van der Waals surface area contributed by atoms with Gasteiger partial charge in [0.2, 0.25) is 0 Å². The van der Waals surface area contributed by atoms with Crippen molar-refractivity contribution in [2.24, 2.45) is 23.7 Å². The number of methoxy groups -OCH3 is 2. The van der Waals surface area contributed by atoms with Gasteiger partial charge in [-0.1, -0.05) is 38.5 Å². The van der Waals surface area contributed by atoms with Gasteiger partial charge in [-0.05, 0) is 73.5 Å². The Labute approximate surface area is 377 Å². The summed E-state index contributed by atoms with van der Waals surface area (Å²) in [6.45, 7) is 11.8. The van der Waals surface area contributed by atoms with E-state index in [1.54, 1.807) is 66.6 Å². The number of cyclic esters (lactones) is 1. The number of allylic oxidation sites excluding steroid dienone is 3. The third kappa shape index (κ3) is 13.4. The summed E-state index contributed by atoms with van der Waals surface area (Å²) < 4.78 is 59.6. The number of ether oxygens (including phenoxy) is 10. The van der Waals surface area contributed by atoms with Crippen LogP contribution in [0.25, 0.3) is 0 Å². The second kappa shape index (κ2) is 24.1. The molecular formula is C45H75NO18. The molecule has 4 rings (SSSR count). The first-order valence-electron chi connectivity index (χ1n) is 22.4. The molecule has 368 valence electrons. The molecule has 3 saturated heterocycles. The van der Waals surface area contributed by atoms with Crippen molar-refractivity contribution in [2.45, 2.75) is 185 Å². The van der Waals surface area contributed by atoms with Crippen LogP contribution < -0.4 is 0 Å². The molecule has 0 aromatic rings. The number of aliphatic hydroxyl groups excluding tert-OH is 4. The number of likely N-dealkylation sites (N-methyl/N-ethyl adjacent to an activating group) is 1. The number of hydrogen-bond acceptors (Lipinski definition) is 19. The van der Waals surface area contributed by atoms with Gasteiger partial charge in [0.25, 0.3) is 6.48 Å². The first kappa shape index (κ1) is 54.3. The van der Waals surface area contributed by atoms with Gasteiger partial charge in [-0.3, -0.25) is 14.3 Å². The van der Waals surface area contributed by atoms with Gasteiger partial charge in [0, 0.05) is 38.4 Å². The van der Waals surface area contributed by atoms with E-state index in [9.17, 15) is 39.9 Å². The highest BCUT2D eigenvalue weighted by molar-refractivity contribution is 5.91. The molecule has 0 bridgehead atoms. The van der Waals surface area contributed by atoms with Crippen LogP contribution in [0, 0.1) is 23.7 Å². The van der Waals surface area contributed by atoms with Gasteiger partial charge >= 0.3 is 5.97 Å². The SMILES string of the molecule is CC[C@H]1OC(=O)C[C@@H](O)[C@H](C)[C@@H](O[C@@H]2O[C@H](C)[C@@H](O[C@@H]3O[C@@H](C)[C@H](O)[C@](C)(O)O3)[C@H](N(C)C)[C@H]2O)[C@@H](CC=O)C[C@@H](C)C(=O)/C=C/C(C)=C/[C@@H]1CO[C@@H]1O[C@H](C)[C@@H](O)[C@@H](OC)[C@H]1OC. The van der Waals surface area contributed by atoms with Crippen molar-refractivity contribution >= 4 is 18.0 Å². The summed E-state index contributed by atoms with van der Waals surface area (Å²) in [5, 5.41) is 55.4. The van der Waals surface area contributed by atoms with E-state index in [1.165, 1.54) is 27.2 Å². The highest BCUT2D eigenvalue weighted by Crippen LogP contribution is 2.37. The predicted octanol–water partition coefficient (Wildman–Crippen LogP) is 1.38. The van der Waals surface area contributed by atoms with E-state index in [0.717, 1.165) is 0 Å². The van der Waals surface area contributed by atoms with E-state index >= 15 is 0 Å². The number of rotatable bonds is 13. The minimum Gasteiger partial charge on any atom is -0.462 e. The normalized spacial score (nSPS) is 45.9. The van der Waals surface area contributed by atoms with Crippen LogP contribution in [0.3, 0.4) is 0 Å². The summed E-state index contributed by atoms with van der Waals surface area (Å²) >= 11 is 0. The zero-order chi connectivity index (χ0) is 47.8. The summed E-state index contributed by atoms with van der Waals surface area (Å²) in [6, 6.07) is -0.828. The Balaban J connectivity index is 1.62. The van der Waals surface area contributed by atoms with Crippen LogP contribution >= 0.6 is 0 Å². The van der Waals surface area contributed by atoms with E-state index in [-0.39, 0.29) is 25.2 Å². The summed E-state index contributed by atoms with van der Waals surface area (Å²) in [7, 11) is 6.34. The number of carbonyl (C=O) groups is 3. The Morgan fingerprint density at radius 1 is 0.859 bits per heavy atom. The Morgan fingerprint density at radius 2 is 1.52 bits per heavy atom. The van der Waals surface area contributed by atoms with Crippen LogP contribution in [0.2, 0.25) is 0 Å². The quantitative estimate of drug-likeness (QED) is 0.129. The molecule has 19 heteroatoms. The highest BCUT2D eigenvalue weighted by atomic mass is 16.9. The van der Waals surface area contributed by atoms with E-state index in [0.29, 0.717) is 18.3 Å². The summed E-state index contributed by atoms with van der Waals surface area (Å²) in [5.74, 6) is -5.66. The van der Waals surface area contributed by atoms with Crippen molar-refractivity contribution in [1.82, 2.24) is 4.90 Å². The molecule has 0 aliphatic carbocycles. The summed E-state index contributed by atoms with van der Waals surface area (Å²) in [5.41, 5.74) is 0.677. The van der Waals surface area contributed by atoms with E-state index < -0.39 is 140 Å². The molecule has 0 spiro atoms. The molecule has 64 heavy (non-hydrogen) atoms. The lowest BCUT2D eigenvalue weighted by Gasteiger charge is -2.49. The molecule has 5 N–H and O–H groups in total. The first-order chi connectivity index (χ1) is 30.1. The van der Waals surface area contributed by atoms with Crippen LogP contribution in [0.4, 0.5) is 0 Å². The van der Waals surface area contributed by atoms with E-state index in [1.807, 2.05) is 13.0 Å². The van der Waals surface area contributed by atoms with Gasteiger partial charge in [0.1, 0.15) is 49.0 Å². The second-order valence-electron chi connectivity index (χ2n) is 18.2. The number of ketones is 1. The van der Waals surface area contributed by atoms with Crippen molar-refractivity contribution in [1.29, 1.82) is 0 Å². The van der Waals surface area contributed by atoms with Gasteiger partial charge in [-0.15, -0.1) is 0 Å². The van der Waals surface area contributed by atoms with Gasteiger partial charge < -0.3 is 77.9 Å². The Kier molecular flexibility index (Phi) is 20.5. The minimum atomic E-state index is -1.99. The first-order valence-corrected chi connectivity index (χ1v) is 22.4. The van der Waals surface area contributed by atoms with Crippen molar-refractivity contribution < 1.29 is 87.3 Å². The Bertz CT molecular complexity index is 1560. The standard InChI is InChI=1S/C45H75NO18/c1-13-32-29(21-57-43-40(56-12)39(55-11)35(51)25(5)58-43)18-22(2)14-15-30(48)23(3)19-28(16-17-47)37(24(4)31(49)20-33(50)61-32)62-42-36(52)34(46(9)10)38(26(6)59-42)63-44-60-27(7)41(53)45(8,54)64-44/h14-15,17-18,23-29,31-32,34-44,49,51-54H,13,16,19-21H2,1-12H3/b15-14+,22-18+/t23-,24+,25-,26-,27+,28+,29-,31-,32-,34-,35-,36-,37-,38-,39-,40-,41+,42+,43-,44+,45-/m1/s1. The predicted molar refractivity (Wildman–Crippen MR) is 227 cm³/mol. The molecule has 4 aliphatic heterocycles. The number of aliphatic hydroxyl groups is 5. The Morgan fingerprint density at radius 3 is 2.11 bits per heavy atom. The lowest BCUT2D eigenvalue weighted by molar-refractivity contribution is -0.456. The smallest absolute Gasteiger partial charge is 0.308 e. The minimum absolute atomic E-state index is 0.0148. The largest absolute Gasteiger partial charge is 0.462 e. The number of aldehydes is 1. The molecule has 21 atom stereocenters. The maximum Gasteiger partial charge on any atom is 0.308 e. The molecule has 0 aromatic carbocycles. The topological polar surface area (TPSA) is 248 Å². The summed E-state index contributed by atoms with van der Waals surface area (Å²) in [6.07, 6.45) is -8.33. The molecule has 4 heterocycles. The fourth-order valence-corrected chi connectivity index (χ4v) is 9.09. The van der Waals surface area contributed by atoms with Crippen LogP contribution in [0.15, 0.2) is 23.8 Å². The van der Waals surface area contributed by atoms with Gasteiger partial charge in [-0.2, -0.15) is 0 Å². The van der Waals surface area contributed by atoms with Gasteiger partial charge in [0.05, 0.1) is 49.6 Å². The van der Waals surface area contributed by atoms with Crippen molar-refractivity contribution in [2.75, 3.05) is 34.9 Å². The third-order valence-corrected chi connectivity index (χ3v) is 13.0. The monoisotopic (exact) mass is 917 g/mol. The van der Waals surface area contributed by atoms with Crippen LogP contribution in [-0.4, -0.2) is 188 Å². The molecule has 3 fully saturated rings. The molecule has 19 nitrogen and oxygen atoms in total. The average molecular weight is 918 g/mol. The van der Waals surface area contributed by atoms with Crippen molar-refractivity contribution in [3.8, 4) is 0 Å². The lowest BCUT2D eigenvalue weighted by atomic mass is 9.79. The number of carbonyl (C=O) groups excluding carboxylic acids is 3. The average Bonchev–Trinajstić information content (AvgIpc) is 3.23. The number of esters is 1. The van der Waals surface area contributed by atoms with E-state index in [4.69, 9.17) is 47.4 Å². The van der Waals surface area contributed by atoms with Gasteiger partial charge in [0.15, 0.2) is 24.2 Å². The molecule has 0 amide bonds. The highest BCUT2D eigenvalue weighted by Gasteiger charge is 2.52. The fourth-order valence-electron chi connectivity index (χ4n) is 9.09. The maximum absolute atomic E-state index is 13.8. The van der Waals surface area contributed by atoms with Crippen molar-refractivity contribution in [3.63, 3.8) is 0 Å². The maximum atomic E-state index is 13.8. The lowest BCUT2D eigenvalue weighted by Crippen LogP contribution is -2.66. The van der Waals surface area contributed by atoms with E-state index in [2.05, 4.69) is 0 Å². The molecular weight excluding hydrogens is 842 g/mol. The zero-order valence-corrected chi connectivity index (χ0v) is 39.4. The third-order valence-electron chi connectivity index (χ3n) is 13.0. The Hall–Kier alpha value is -2.31. The molecule has 0 unspecified atom stereocenters. The van der Waals surface area contributed by atoms with Crippen molar-refractivity contribution in [3.05, 3.63) is 23.8 Å². The molecule has 4 aliphatic rings. The fraction of sp³-hybridized carbons (Fsp3) is 0.844. The number of hydrogen-bond donors (Lipinski definition) is 5. The summed E-state index contributed by atoms with van der Waals surface area (Å²) in [4.78, 5) is 41.4. The molecule has 0 saturated carbocycles. The zero-order valence-electron chi connectivity index (χ0n) is 39.4. The molecule has 0 radical (unpaired) electrons. The van der Waals surface area contributed by atoms with Gasteiger partial charge in [-0.25, -0.2) is 0 Å². The second-order valence-corrected chi connectivity index (χ2v) is 18.2. The number of nitrogens with zero attached hydrogens (tertiary/aromatic N) is 1. The molecule has 0 aromatic heterocycles.